The van der Waals surface area contributed by atoms with Gasteiger partial charge in [-0.15, -0.1) is 0 Å². The summed E-state index contributed by atoms with van der Waals surface area (Å²) >= 11 is 0. The van der Waals surface area contributed by atoms with Gasteiger partial charge < -0.3 is 5.11 Å². The molecule has 13 heavy (non-hydrogen) atoms. The van der Waals surface area contributed by atoms with Crippen LogP contribution in [-0.2, 0) is 0 Å². The first-order valence-corrected chi connectivity index (χ1v) is 4.34. The Balaban J connectivity index is 2.30. The molecule has 1 aliphatic rings. The number of dihydropyridines is 1. The molecule has 1 N–H and O–H groups in total. The minimum absolute atomic E-state index is 0.314. The van der Waals surface area contributed by atoms with Crippen LogP contribution < -0.4 is 0 Å². The molecule has 1 heterocycles. The van der Waals surface area contributed by atoms with Crippen LogP contribution in [0.3, 0.4) is 0 Å². The third-order valence-corrected chi connectivity index (χ3v) is 2.13. The van der Waals surface area contributed by atoms with Gasteiger partial charge in [0.1, 0.15) is 5.75 Å². The quantitative estimate of drug-likeness (QED) is 0.694. The monoisotopic (exact) mass is 173 g/mol. The molecule has 0 saturated carbocycles. The molecule has 0 radical (unpaired) electrons. The zero-order valence-electron chi connectivity index (χ0n) is 7.27. The standard InChI is InChI=1S/C11H11NO/c13-11-3-1-9(2-4-11)10-5-7-12-8-6-10/h1-5,7,13H,6,8H2. The lowest BCUT2D eigenvalue weighted by atomic mass is 10.0. The first kappa shape index (κ1) is 8.05. The molecular weight excluding hydrogens is 162 g/mol. The first-order chi connectivity index (χ1) is 6.36. The van der Waals surface area contributed by atoms with Crippen LogP contribution in [0.5, 0.6) is 5.75 Å². The van der Waals surface area contributed by atoms with E-state index in [1.54, 1.807) is 12.1 Å². The van der Waals surface area contributed by atoms with E-state index in [0.717, 1.165) is 13.0 Å². The van der Waals surface area contributed by atoms with Gasteiger partial charge in [0, 0.05) is 12.8 Å². The van der Waals surface area contributed by atoms with Crippen LogP contribution in [0.25, 0.3) is 5.57 Å². The number of hydrogen-bond donors (Lipinski definition) is 1. The SMILES string of the molecule is Oc1ccc(C2=CC=NCC2)cc1. The molecule has 2 nitrogen and oxygen atoms in total. The van der Waals surface area contributed by atoms with E-state index >= 15 is 0 Å². The highest BCUT2D eigenvalue weighted by molar-refractivity contribution is 5.86. The van der Waals surface area contributed by atoms with Crippen LogP contribution in [0, 0.1) is 0 Å². The summed E-state index contributed by atoms with van der Waals surface area (Å²) in [5.74, 6) is 0.314. The van der Waals surface area contributed by atoms with Gasteiger partial charge in [-0.2, -0.15) is 0 Å². The van der Waals surface area contributed by atoms with Crippen LogP contribution in [0.1, 0.15) is 12.0 Å². The fourth-order valence-electron chi connectivity index (χ4n) is 1.40. The summed E-state index contributed by atoms with van der Waals surface area (Å²) in [6.07, 6.45) is 4.85. The third-order valence-electron chi connectivity index (χ3n) is 2.13. The smallest absolute Gasteiger partial charge is 0.115 e. The molecule has 0 bridgehead atoms. The molecule has 66 valence electrons. The van der Waals surface area contributed by atoms with Gasteiger partial charge in [0.05, 0.1) is 0 Å². The van der Waals surface area contributed by atoms with Crippen molar-refractivity contribution in [3.8, 4) is 5.75 Å². The van der Waals surface area contributed by atoms with Crippen molar-refractivity contribution in [3.05, 3.63) is 35.9 Å². The molecule has 0 spiro atoms. The highest BCUT2D eigenvalue weighted by Gasteiger charge is 2.02. The third kappa shape index (κ3) is 1.78. The van der Waals surface area contributed by atoms with Crippen molar-refractivity contribution in [3.63, 3.8) is 0 Å². The summed E-state index contributed by atoms with van der Waals surface area (Å²) in [6, 6.07) is 7.28. The molecule has 0 atom stereocenters. The largest absolute Gasteiger partial charge is 0.508 e. The van der Waals surface area contributed by atoms with E-state index in [0.29, 0.717) is 5.75 Å². The molecule has 1 aromatic rings. The Labute approximate surface area is 77.3 Å². The zero-order valence-corrected chi connectivity index (χ0v) is 7.27. The minimum atomic E-state index is 0.314. The maximum Gasteiger partial charge on any atom is 0.115 e. The number of benzene rings is 1. The van der Waals surface area contributed by atoms with Crippen LogP contribution in [0.2, 0.25) is 0 Å². The fourth-order valence-corrected chi connectivity index (χ4v) is 1.40. The Morgan fingerprint density at radius 3 is 2.54 bits per heavy atom. The number of aromatic hydroxyl groups is 1. The predicted molar refractivity (Wildman–Crippen MR) is 54.1 cm³/mol. The number of nitrogens with zero attached hydrogens (tertiary/aromatic N) is 1. The summed E-state index contributed by atoms with van der Waals surface area (Å²) in [5, 5.41) is 9.11. The van der Waals surface area contributed by atoms with Gasteiger partial charge in [0.25, 0.3) is 0 Å². The van der Waals surface area contributed by atoms with Gasteiger partial charge in [-0.25, -0.2) is 0 Å². The Kier molecular flexibility index (Phi) is 2.13. The molecule has 2 rings (SSSR count). The Morgan fingerprint density at radius 2 is 1.92 bits per heavy atom. The topological polar surface area (TPSA) is 32.6 Å². The second-order valence-corrected chi connectivity index (χ2v) is 3.04. The lowest BCUT2D eigenvalue weighted by Crippen LogP contribution is -1.93. The van der Waals surface area contributed by atoms with Gasteiger partial charge in [-0.1, -0.05) is 12.1 Å². The maximum atomic E-state index is 9.11. The van der Waals surface area contributed by atoms with E-state index in [4.69, 9.17) is 5.11 Å². The molecule has 0 fully saturated rings. The highest BCUT2D eigenvalue weighted by Crippen LogP contribution is 2.21. The molecular formula is C11H11NO. The van der Waals surface area contributed by atoms with Crippen LogP contribution in [0.4, 0.5) is 0 Å². The Bertz CT molecular complexity index is 349. The van der Waals surface area contributed by atoms with E-state index in [9.17, 15) is 0 Å². The molecule has 0 aromatic heterocycles. The summed E-state index contributed by atoms with van der Waals surface area (Å²) in [7, 11) is 0. The number of allylic oxidation sites excluding steroid dienone is 1. The van der Waals surface area contributed by atoms with E-state index in [2.05, 4.69) is 4.99 Å². The summed E-state index contributed by atoms with van der Waals surface area (Å²) < 4.78 is 0. The lowest BCUT2D eigenvalue weighted by Gasteiger charge is -2.08. The van der Waals surface area contributed by atoms with Crippen LogP contribution in [-0.4, -0.2) is 17.9 Å². The van der Waals surface area contributed by atoms with Crippen molar-refractivity contribution in [1.29, 1.82) is 0 Å². The molecule has 1 aliphatic heterocycles. The van der Waals surface area contributed by atoms with Crippen LogP contribution in [0.15, 0.2) is 35.3 Å². The minimum Gasteiger partial charge on any atom is -0.508 e. The van der Waals surface area contributed by atoms with Crippen molar-refractivity contribution in [2.75, 3.05) is 6.54 Å². The summed E-state index contributed by atoms with van der Waals surface area (Å²) in [5.41, 5.74) is 2.46. The average molecular weight is 173 g/mol. The molecule has 1 aromatic carbocycles. The zero-order chi connectivity index (χ0) is 9.10. The van der Waals surface area contributed by atoms with Gasteiger partial charge in [0.2, 0.25) is 0 Å². The van der Waals surface area contributed by atoms with Gasteiger partial charge in [0.15, 0.2) is 0 Å². The number of rotatable bonds is 1. The predicted octanol–water partition coefficient (Wildman–Crippen LogP) is 2.25. The van der Waals surface area contributed by atoms with E-state index in [1.807, 2.05) is 24.4 Å². The van der Waals surface area contributed by atoms with Crippen molar-refractivity contribution in [2.45, 2.75) is 6.42 Å². The number of phenolic OH excluding ortho intramolecular Hbond substituents is 1. The molecule has 0 unspecified atom stereocenters. The van der Waals surface area contributed by atoms with Gasteiger partial charge >= 0.3 is 0 Å². The molecule has 2 heteroatoms. The number of hydrogen-bond acceptors (Lipinski definition) is 2. The number of aliphatic imine (C=N–C) groups is 1. The summed E-state index contributed by atoms with van der Waals surface area (Å²) in [6.45, 7) is 0.868. The fraction of sp³-hybridized carbons (Fsp3) is 0.182. The average Bonchev–Trinajstić information content (AvgIpc) is 2.20. The molecule has 0 amide bonds. The Hall–Kier alpha value is -1.57. The number of phenols is 1. The van der Waals surface area contributed by atoms with Gasteiger partial charge in [-0.3, -0.25) is 4.99 Å². The van der Waals surface area contributed by atoms with E-state index in [-0.39, 0.29) is 0 Å². The van der Waals surface area contributed by atoms with Gasteiger partial charge in [-0.05, 0) is 35.8 Å². The molecule has 0 aliphatic carbocycles. The second-order valence-electron chi connectivity index (χ2n) is 3.04. The summed E-state index contributed by atoms with van der Waals surface area (Å²) in [4.78, 5) is 4.12. The highest BCUT2D eigenvalue weighted by atomic mass is 16.3. The van der Waals surface area contributed by atoms with E-state index in [1.165, 1.54) is 11.1 Å². The second kappa shape index (κ2) is 3.44. The molecule has 0 saturated heterocycles. The van der Waals surface area contributed by atoms with Crippen molar-refractivity contribution >= 4 is 11.8 Å². The van der Waals surface area contributed by atoms with E-state index < -0.39 is 0 Å². The normalized spacial score (nSPS) is 15.5. The van der Waals surface area contributed by atoms with Crippen molar-refractivity contribution in [1.82, 2.24) is 0 Å². The maximum absolute atomic E-state index is 9.11. The Morgan fingerprint density at radius 1 is 1.15 bits per heavy atom. The lowest BCUT2D eigenvalue weighted by molar-refractivity contribution is 0.475. The van der Waals surface area contributed by atoms with Crippen molar-refractivity contribution < 1.29 is 5.11 Å². The first-order valence-electron chi connectivity index (χ1n) is 4.34. The van der Waals surface area contributed by atoms with Crippen LogP contribution >= 0.6 is 0 Å². The van der Waals surface area contributed by atoms with Crippen molar-refractivity contribution in [2.24, 2.45) is 4.99 Å².